The minimum atomic E-state index is -0.459. The number of pyridine rings is 1. The number of nitrogens with zero attached hydrogens (tertiary/aromatic N) is 2. The molecule has 0 atom stereocenters. The van der Waals surface area contributed by atoms with E-state index in [0.29, 0.717) is 39.0 Å². The minimum Gasteiger partial charge on any atom is -0.454 e. The summed E-state index contributed by atoms with van der Waals surface area (Å²) in [6.45, 7) is 1.20. The van der Waals surface area contributed by atoms with Crippen LogP contribution in [0.4, 0.5) is 11.4 Å². The summed E-state index contributed by atoms with van der Waals surface area (Å²) in [5.41, 5.74) is 1.64. The fourth-order valence-electron chi connectivity index (χ4n) is 3.58. The summed E-state index contributed by atoms with van der Waals surface area (Å²) in [5, 5.41) is 3.38. The van der Waals surface area contributed by atoms with E-state index >= 15 is 0 Å². The number of carbonyl (C=O) groups excluding carboxylic acids is 3. The van der Waals surface area contributed by atoms with Crippen LogP contribution >= 0.6 is 11.8 Å². The van der Waals surface area contributed by atoms with E-state index in [1.165, 1.54) is 23.6 Å². The predicted molar refractivity (Wildman–Crippen MR) is 118 cm³/mol. The van der Waals surface area contributed by atoms with Crippen molar-refractivity contribution >= 4 is 40.7 Å². The zero-order chi connectivity index (χ0) is 22.2. The summed E-state index contributed by atoms with van der Waals surface area (Å²) in [7, 11) is 0. The number of benzene rings is 2. The van der Waals surface area contributed by atoms with Crippen LogP contribution in [0.25, 0.3) is 0 Å². The molecule has 0 radical (unpaired) electrons. The monoisotopic (exact) mass is 447 g/mol. The van der Waals surface area contributed by atoms with Gasteiger partial charge in [-0.2, -0.15) is 0 Å². The third-order valence-electron chi connectivity index (χ3n) is 5.08. The summed E-state index contributed by atoms with van der Waals surface area (Å²) in [6.07, 6.45) is 1.65. The lowest BCUT2D eigenvalue weighted by Crippen LogP contribution is -2.38. The standard InChI is InChI=1S/C23H17N3O5S/c1-13(27)15-9-18-19(31-12-30-18)10-16(15)25-21(28)11-26-17-6-4-8-24-22(17)32-20-7-3-2-5-14(20)23(26)29/h2-10H,11-12H2,1H3,(H,25,28). The van der Waals surface area contributed by atoms with Crippen LogP contribution in [0.1, 0.15) is 27.6 Å². The lowest BCUT2D eigenvalue weighted by Gasteiger charge is -2.22. The zero-order valence-electron chi connectivity index (χ0n) is 17.0. The molecule has 2 aliphatic rings. The van der Waals surface area contributed by atoms with E-state index in [1.54, 1.807) is 42.6 Å². The maximum atomic E-state index is 13.3. The highest BCUT2D eigenvalue weighted by molar-refractivity contribution is 7.99. The van der Waals surface area contributed by atoms with Crippen molar-refractivity contribution in [3.8, 4) is 11.5 Å². The van der Waals surface area contributed by atoms with Crippen molar-refractivity contribution in [1.82, 2.24) is 4.98 Å². The first-order valence-corrected chi connectivity index (χ1v) is 10.6. The van der Waals surface area contributed by atoms with Crippen LogP contribution in [0.15, 0.2) is 64.6 Å². The largest absolute Gasteiger partial charge is 0.454 e. The number of ether oxygens (including phenoxy) is 2. The van der Waals surface area contributed by atoms with Gasteiger partial charge in [-0.3, -0.25) is 19.3 Å². The maximum Gasteiger partial charge on any atom is 0.259 e. The van der Waals surface area contributed by atoms with Crippen molar-refractivity contribution in [2.24, 2.45) is 0 Å². The van der Waals surface area contributed by atoms with E-state index < -0.39 is 5.91 Å². The third-order valence-corrected chi connectivity index (χ3v) is 6.16. The van der Waals surface area contributed by atoms with Gasteiger partial charge in [0.05, 0.1) is 16.9 Å². The Labute approximate surface area is 187 Å². The molecule has 0 fully saturated rings. The summed E-state index contributed by atoms with van der Waals surface area (Å²) in [5.74, 6) is -0.101. The molecule has 0 saturated heterocycles. The molecule has 2 aromatic carbocycles. The van der Waals surface area contributed by atoms with Crippen LogP contribution in [-0.4, -0.2) is 35.9 Å². The summed E-state index contributed by atoms with van der Waals surface area (Å²) in [4.78, 5) is 45.0. The molecule has 32 heavy (non-hydrogen) atoms. The Morgan fingerprint density at radius 1 is 1.12 bits per heavy atom. The number of anilines is 2. The van der Waals surface area contributed by atoms with E-state index in [0.717, 1.165) is 4.90 Å². The lowest BCUT2D eigenvalue weighted by atomic mass is 10.1. The molecule has 2 aliphatic heterocycles. The highest BCUT2D eigenvalue weighted by Crippen LogP contribution is 2.40. The zero-order valence-corrected chi connectivity index (χ0v) is 17.8. The average Bonchev–Trinajstić information content (AvgIpc) is 3.20. The first kappa shape index (κ1) is 20.1. The van der Waals surface area contributed by atoms with Crippen molar-refractivity contribution in [1.29, 1.82) is 0 Å². The topological polar surface area (TPSA) is 97.8 Å². The highest BCUT2D eigenvalue weighted by atomic mass is 32.2. The quantitative estimate of drug-likeness (QED) is 0.608. The first-order chi connectivity index (χ1) is 15.5. The minimum absolute atomic E-state index is 0.0488. The number of rotatable bonds is 4. The Morgan fingerprint density at radius 2 is 1.91 bits per heavy atom. The number of carbonyl (C=O) groups is 3. The van der Waals surface area contributed by atoms with Gasteiger partial charge in [0.1, 0.15) is 11.6 Å². The van der Waals surface area contributed by atoms with Gasteiger partial charge < -0.3 is 14.8 Å². The summed E-state index contributed by atoms with van der Waals surface area (Å²) >= 11 is 1.38. The Balaban J connectivity index is 1.47. The van der Waals surface area contributed by atoms with Gasteiger partial charge >= 0.3 is 0 Å². The molecule has 0 saturated carbocycles. The Morgan fingerprint density at radius 3 is 2.72 bits per heavy atom. The summed E-state index contributed by atoms with van der Waals surface area (Å²) in [6, 6.07) is 13.8. The average molecular weight is 447 g/mol. The summed E-state index contributed by atoms with van der Waals surface area (Å²) < 4.78 is 10.7. The van der Waals surface area contributed by atoms with Gasteiger partial charge in [-0.25, -0.2) is 4.98 Å². The van der Waals surface area contributed by atoms with Crippen LogP contribution in [0, 0.1) is 0 Å². The number of aromatic nitrogens is 1. The molecule has 9 heteroatoms. The normalized spacial score (nSPS) is 13.8. The Bertz CT molecular complexity index is 1280. The van der Waals surface area contributed by atoms with Gasteiger partial charge in [-0.15, -0.1) is 0 Å². The van der Waals surface area contributed by atoms with Crippen molar-refractivity contribution in [2.75, 3.05) is 23.6 Å². The van der Waals surface area contributed by atoms with Crippen molar-refractivity contribution in [2.45, 2.75) is 16.8 Å². The number of Topliss-reactive ketones (excluding diaryl/α,β-unsaturated/α-hetero) is 1. The molecule has 5 rings (SSSR count). The molecule has 3 aromatic rings. The van der Waals surface area contributed by atoms with Gasteiger partial charge in [-0.05, 0) is 37.3 Å². The molecule has 1 N–H and O–H groups in total. The molecular weight excluding hydrogens is 430 g/mol. The van der Waals surface area contributed by atoms with Gasteiger partial charge in [0.25, 0.3) is 5.91 Å². The number of hydrogen-bond donors (Lipinski definition) is 1. The van der Waals surface area contributed by atoms with Gasteiger partial charge in [0.2, 0.25) is 12.7 Å². The smallest absolute Gasteiger partial charge is 0.259 e. The molecule has 1 aromatic heterocycles. The number of nitrogens with one attached hydrogen (secondary N) is 1. The van der Waals surface area contributed by atoms with Gasteiger partial charge in [-0.1, -0.05) is 23.9 Å². The third kappa shape index (κ3) is 3.56. The number of ketones is 1. The number of fused-ring (bicyclic) bond motifs is 3. The van der Waals surface area contributed by atoms with Crippen LogP contribution in [0.3, 0.4) is 0 Å². The Hall–Kier alpha value is -3.85. The molecule has 0 spiro atoms. The fourth-order valence-corrected chi connectivity index (χ4v) is 4.60. The van der Waals surface area contributed by atoms with Crippen LogP contribution in [0.2, 0.25) is 0 Å². The SMILES string of the molecule is CC(=O)c1cc2c(cc1NC(=O)CN1C(=O)c3ccccc3Sc3ncccc31)OCO2. The predicted octanol–water partition coefficient (Wildman–Crippen LogP) is 3.76. The van der Waals surface area contributed by atoms with Crippen LogP contribution in [0.5, 0.6) is 11.5 Å². The van der Waals surface area contributed by atoms with Gasteiger partial charge in [0.15, 0.2) is 17.3 Å². The fraction of sp³-hybridized carbons (Fsp3) is 0.130. The van der Waals surface area contributed by atoms with Crippen LogP contribution < -0.4 is 19.7 Å². The highest BCUT2D eigenvalue weighted by Gasteiger charge is 2.30. The first-order valence-electron chi connectivity index (χ1n) is 9.79. The maximum absolute atomic E-state index is 13.3. The van der Waals surface area contributed by atoms with Crippen molar-refractivity contribution < 1.29 is 23.9 Å². The number of hydrogen-bond acceptors (Lipinski definition) is 7. The van der Waals surface area contributed by atoms with Crippen molar-refractivity contribution in [3.05, 3.63) is 65.9 Å². The molecule has 160 valence electrons. The molecule has 3 heterocycles. The van der Waals surface area contributed by atoms with Crippen molar-refractivity contribution in [3.63, 3.8) is 0 Å². The second-order valence-electron chi connectivity index (χ2n) is 7.17. The van der Waals surface area contributed by atoms with E-state index in [9.17, 15) is 14.4 Å². The lowest BCUT2D eigenvalue weighted by molar-refractivity contribution is -0.114. The molecule has 0 aliphatic carbocycles. The van der Waals surface area contributed by atoms with E-state index in [2.05, 4.69) is 10.3 Å². The van der Waals surface area contributed by atoms with Gasteiger partial charge in [0, 0.05) is 22.7 Å². The Kier molecular flexibility index (Phi) is 5.02. The van der Waals surface area contributed by atoms with E-state index in [-0.39, 0.29) is 25.0 Å². The second-order valence-corrected chi connectivity index (χ2v) is 8.20. The van der Waals surface area contributed by atoms with Crippen LogP contribution in [-0.2, 0) is 4.79 Å². The molecule has 0 bridgehead atoms. The number of amides is 2. The molecular formula is C23H17N3O5S. The molecule has 8 nitrogen and oxygen atoms in total. The van der Waals surface area contributed by atoms with E-state index in [4.69, 9.17) is 9.47 Å². The van der Waals surface area contributed by atoms with E-state index in [1.807, 2.05) is 12.1 Å². The molecule has 2 amide bonds. The second kappa shape index (κ2) is 8.01. The molecule has 0 unspecified atom stereocenters.